The maximum Gasteiger partial charge on any atom is 0.250 e. The van der Waals surface area contributed by atoms with Gasteiger partial charge in [0.1, 0.15) is 12.4 Å². The molecular formula is C24H20N4O2S. The van der Waals surface area contributed by atoms with Crippen molar-refractivity contribution in [2.75, 3.05) is 5.75 Å². The molecule has 4 aromatic rings. The van der Waals surface area contributed by atoms with Crippen LogP contribution in [0.4, 0.5) is 0 Å². The molecule has 3 aromatic carbocycles. The Morgan fingerprint density at radius 2 is 1.74 bits per heavy atom. The van der Waals surface area contributed by atoms with E-state index in [0.29, 0.717) is 11.8 Å². The number of amides is 1. The van der Waals surface area contributed by atoms with E-state index < -0.39 is 0 Å². The summed E-state index contributed by atoms with van der Waals surface area (Å²) in [7, 11) is 0. The van der Waals surface area contributed by atoms with E-state index in [-0.39, 0.29) is 11.7 Å². The van der Waals surface area contributed by atoms with Gasteiger partial charge >= 0.3 is 0 Å². The molecule has 0 aliphatic carbocycles. The maximum absolute atomic E-state index is 11.8. The van der Waals surface area contributed by atoms with Crippen LogP contribution in [0.25, 0.3) is 10.8 Å². The molecule has 0 atom stereocenters. The predicted molar refractivity (Wildman–Crippen MR) is 123 cm³/mol. The number of hydrogen-bond acceptors (Lipinski definition) is 6. The van der Waals surface area contributed by atoms with Gasteiger partial charge in [-0.3, -0.25) is 4.79 Å². The summed E-state index contributed by atoms with van der Waals surface area (Å²) in [5.41, 5.74) is 4.48. The summed E-state index contributed by atoms with van der Waals surface area (Å²) in [6.45, 7) is 0.497. The van der Waals surface area contributed by atoms with E-state index in [1.54, 1.807) is 24.7 Å². The Kier molecular flexibility index (Phi) is 6.87. The minimum atomic E-state index is -0.218. The normalized spacial score (nSPS) is 11.0. The number of carbonyl (C=O) groups excluding carboxylic acids is 1. The van der Waals surface area contributed by atoms with Crippen molar-refractivity contribution in [1.29, 1.82) is 0 Å². The van der Waals surface area contributed by atoms with Crippen LogP contribution in [-0.2, 0) is 11.4 Å². The number of fused-ring (bicyclic) bond motifs is 1. The lowest BCUT2D eigenvalue weighted by atomic mass is 10.1. The smallest absolute Gasteiger partial charge is 0.250 e. The molecule has 7 heteroatoms. The Bertz CT molecular complexity index is 1180. The molecule has 1 aromatic heterocycles. The lowest BCUT2D eigenvalue weighted by molar-refractivity contribution is -0.118. The molecule has 0 bridgehead atoms. The van der Waals surface area contributed by atoms with Crippen LogP contribution in [0.1, 0.15) is 11.1 Å². The SMILES string of the molecule is O=C(CSc1ncccn1)N/N=C/c1ccc(OCc2ccc3ccccc3c2)cc1. The number of benzene rings is 3. The Labute approximate surface area is 184 Å². The highest BCUT2D eigenvalue weighted by molar-refractivity contribution is 7.99. The fraction of sp³-hybridized carbons (Fsp3) is 0.0833. The Morgan fingerprint density at radius 3 is 2.55 bits per heavy atom. The Morgan fingerprint density at radius 1 is 0.968 bits per heavy atom. The third-order valence-electron chi connectivity index (χ3n) is 4.38. The molecule has 0 aliphatic heterocycles. The first kappa shape index (κ1) is 20.6. The van der Waals surface area contributed by atoms with E-state index in [1.807, 2.05) is 36.4 Å². The number of rotatable bonds is 8. The van der Waals surface area contributed by atoms with Crippen molar-refractivity contribution in [2.45, 2.75) is 11.8 Å². The van der Waals surface area contributed by atoms with Gasteiger partial charge in [-0.2, -0.15) is 5.10 Å². The van der Waals surface area contributed by atoms with Crippen molar-refractivity contribution in [2.24, 2.45) is 5.10 Å². The summed E-state index contributed by atoms with van der Waals surface area (Å²) in [6, 6.07) is 23.9. The number of aromatic nitrogens is 2. The highest BCUT2D eigenvalue weighted by Crippen LogP contribution is 2.18. The molecular weight excluding hydrogens is 408 g/mol. The lowest BCUT2D eigenvalue weighted by Crippen LogP contribution is -2.19. The van der Waals surface area contributed by atoms with Crippen LogP contribution >= 0.6 is 11.8 Å². The van der Waals surface area contributed by atoms with Gasteiger partial charge in [0.2, 0.25) is 0 Å². The Balaban J connectivity index is 1.24. The molecule has 0 unspecified atom stereocenters. The minimum Gasteiger partial charge on any atom is -0.489 e. The number of hydrazone groups is 1. The monoisotopic (exact) mass is 428 g/mol. The molecule has 0 fully saturated rings. The van der Waals surface area contributed by atoms with Crippen molar-refractivity contribution in [3.63, 3.8) is 0 Å². The van der Waals surface area contributed by atoms with Crippen LogP contribution < -0.4 is 10.2 Å². The van der Waals surface area contributed by atoms with E-state index in [2.05, 4.69) is 50.8 Å². The molecule has 0 saturated heterocycles. The second-order valence-corrected chi connectivity index (χ2v) is 7.59. The first-order valence-electron chi connectivity index (χ1n) is 9.68. The van der Waals surface area contributed by atoms with Gasteiger partial charge in [0.05, 0.1) is 12.0 Å². The molecule has 1 N–H and O–H groups in total. The molecule has 0 saturated carbocycles. The van der Waals surface area contributed by atoms with E-state index in [0.717, 1.165) is 16.9 Å². The number of hydrogen-bond donors (Lipinski definition) is 1. The fourth-order valence-corrected chi connectivity index (χ4v) is 3.44. The molecule has 0 spiro atoms. The second kappa shape index (κ2) is 10.4. The average molecular weight is 429 g/mol. The molecule has 31 heavy (non-hydrogen) atoms. The van der Waals surface area contributed by atoms with Gasteiger partial charge in [0.25, 0.3) is 5.91 Å². The number of nitrogens with one attached hydrogen (secondary N) is 1. The molecule has 1 heterocycles. The van der Waals surface area contributed by atoms with Crippen LogP contribution in [0.2, 0.25) is 0 Å². The molecule has 6 nitrogen and oxygen atoms in total. The molecule has 4 rings (SSSR count). The molecule has 154 valence electrons. The third-order valence-corrected chi connectivity index (χ3v) is 5.25. The number of carbonyl (C=O) groups is 1. The summed E-state index contributed by atoms with van der Waals surface area (Å²) >= 11 is 1.26. The van der Waals surface area contributed by atoms with Gasteiger partial charge < -0.3 is 4.74 Å². The summed E-state index contributed by atoms with van der Waals surface area (Å²) in [5.74, 6) is 0.751. The first-order valence-corrected chi connectivity index (χ1v) is 10.7. The van der Waals surface area contributed by atoms with Gasteiger partial charge in [-0.05, 0) is 58.3 Å². The second-order valence-electron chi connectivity index (χ2n) is 6.65. The summed E-state index contributed by atoms with van der Waals surface area (Å²) in [6.07, 6.45) is 4.87. The van der Waals surface area contributed by atoms with Gasteiger partial charge in [-0.25, -0.2) is 15.4 Å². The summed E-state index contributed by atoms with van der Waals surface area (Å²) in [5, 5.41) is 6.96. The van der Waals surface area contributed by atoms with Crippen LogP contribution in [-0.4, -0.2) is 27.8 Å². The van der Waals surface area contributed by atoms with E-state index >= 15 is 0 Å². The number of ether oxygens (including phenoxy) is 1. The maximum atomic E-state index is 11.8. The van der Waals surface area contributed by atoms with Gasteiger partial charge in [-0.15, -0.1) is 0 Å². The fourth-order valence-electron chi connectivity index (χ4n) is 2.85. The summed E-state index contributed by atoms with van der Waals surface area (Å²) in [4.78, 5) is 20.0. The van der Waals surface area contributed by atoms with Crippen LogP contribution in [0.5, 0.6) is 5.75 Å². The molecule has 0 aliphatic rings. The van der Waals surface area contributed by atoms with Gasteiger partial charge in [-0.1, -0.05) is 48.2 Å². The zero-order valence-electron chi connectivity index (χ0n) is 16.6. The standard InChI is InChI=1S/C24H20N4O2S/c29-23(17-31-24-25-12-3-13-26-24)28-27-15-18-7-10-22(11-8-18)30-16-19-6-9-20-4-1-2-5-21(20)14-19/h1-15H,16-17H2,(H,28,29)/b27-15+. The number of nitrogens with zero attached hydrogens (tertiary/aromatic N) is 3. The van der Waals surface area contributed by atoms with Crippen LogP contribution in [0, 0.1) is 0 Å². The Hall–Kier alpha value is -3.71. The summed E-state index contributed by atoms with van der Waals surface area (Å²) < 4.78 is 5.88. The van der Waals surface area contributed by atoms with E-state index in [9.17, 15) is 4.79 Å². The first-order chi connectivity index (χ1) is 15.3. The minimum absolute atomic E-state index is 0.197. The molecule has 0 radical (unpaired) electrons. The van der Waals surface area contributed by atoms with Gasteiger partial charge in [0, 0.05) is 12.4 Å². The zero-order valence-corrected chi connectivity index (χ0v) is 17.5. The van der Waals surface area contributed by atoms with E-state index in [1.165, 1.54) is 22.5 Å². The van der Waals surface area contributed by atoms with Crippen molar-refractivity contribution in [3.8, 4) is 5.75 Å². The molecule has 1 amide bonds. The lowest BCUT2D eigenvalue weighted by Gasteiger charge is -2.07. The highest BCUT2D eigenvalue weighted by Gasteiger charge is 2.03. The quantitative estimate of drug-likeness (QED) is 0.194. The van der Waals surface area contributed by atoms with Crippen molar-refractivity contribution in [1.82, 2.24) is 15.4 Å². The largest absolute Gasteiger partial charge is 0.489 e. The van der Waals surface area contributed by atoms with Crippen LogP contribution in [0.15, 0.2) is 95.4 Å². The topological polar surface area (TPSA) is 76.5 Å². The van der Waals surface area contributed by atoms with Crippen LogP contribution in [0.3, 0.4) is 0 Å². The van der Waals surface area contributed by atoms with Crippen molar-refractivity contribution >= 4 is 34.7 Å². The average Bonchev–Trinajstić information content (AvgIpc) is 2.83. The highest BCUT2D eigenvalue weighted by atomic mass is 32.2. The van der Waals surface area contributed by atoms with Gasteiger partial charge in [0.15, 0.2) is 5.16 Å². The zero-order chi connectivity index (χ0) is 21.3. The van der Waals surface area contributed by atoms with Crippen molar-refractivity contribution < 1.29 is 9.53 Å². The predicted octanol–water partition coefficient (Wildman–Crippen LogP) is 4.45. The van der Waals surface area contributed by atoms with E-state index in [4.69, 9.17) is 4.74 Å². The number of thioether (sulfide) groups is 1. The van der Waals surface area contributed by atoms with Crippen molar-refractivity contribution in [3.05, 3.63) is 96.3 Å². The third kappa shape index (κ3) is 6.13.